The fraction of sp³-hybridized carbons (Fsp3) is 0.250. The molecule has 0 fully saturated rings. The van der Waals surface area contributed by atoms with Crippen LogP contribution in [0.5, 0.6) is 0 Å². The Morgan fingerprint density at radius 1 is 1.73 bits per heavy atom. The van der Waals surface area contributed by atoms with Gasteiger partial charge >= 0.3 is 0 Å². The maximum absolute atomic E-state index is 4.20. The van der Waals surface area contributed by atoms with Crippen molar-refractivity contribution in [2.45, 2.75) is 6.92 Å². The van der Waals surface area contributed by atoms with Crippen molar-refractivity contribution in [1.82, 2.24) is 9.55 Å². The third-order valence-corrected chi connectivity index (χ3v) is 1.30. The molecule has 0 saturated carbocycles. The second kappa shape index (κ2) is 3.14. The van der Waals surface area contributed by atoms with E-state index >= 15 is 0 Å². The van der Waals surface area contributed by atoms with E-state index in [1.807, 2.05) is 17.7 Å². The summed E-state index contributed by atoms with van der Waals surface area (Å²) in [4.78, 5) is 8.08. The van der Waals surface area contributed by atoms with Crippen LogP contribution in [0.15, 0.2) is 17.8 Å². The first-order valence-electron chi connectivity index (χ1n) is 3.38. The number of aliphatic imine (C=N–C) groups is 1. The lowest BCUT2D eigenvalue weighted by atomic mass is 10.6. The van der Waals surface area contributed by atoms with Gasteiger partial charge in [0, 0.05) is 13.2 Å². The molecule has 1 rings (SSSR count). The Bertz CT molecular complexity index is 284. The van der Waals surface area contributed by atoms with Crippen LogP contribution < -0.4 is 0 Å². The average Bonchev–Trinajstić information content (AvgIpc) is 2.32. The van der Waals surface area contributed by atoms with Crippen LogP contribution in [-0.2, 0) is 0 Å². The molecule has 1 aromatic rings. The van der Waals surface area contributed by atoms with Crippen molar-refractivity contribution in [2.24, 2.45) is 4.99 Å². The van der Waals surface area contributed by atoms with Gasteiger partial charge in [0.1, 0.15) is 5.82 Å². The molecule has 0 N–H and O–H groups in total. The molecule has 0 amide bonds. The van der Waals surface area contributed by atoms with Crippen LogP contribution in [0.1, 0.15) is 11.5 Å². The molecule has 3 heteroatoms. The van der Waals surface area contributed by atoms with Crippen LogP contribution in [-0.4, -0.2) is 22.9 Å². The smallest absolute Gasteiger partial charge is 0.137 e. The number of rotatable bonds is 2. The van der Waals surface area contributed by atoms with Gasteiger partial charge in [-0.1, -0.05) is 6.58 Å². The Morgan fingerprint density at radius 3 is 3.00 bits per heavy atom. The molecule has 1 aromatic heterocycles. The number of hydrogen-bond donors (Lipinski definition) is 0. The van der Waals surface area contributed by atoms with Crippen molar-refractivity contribution in [1.29, 1.82) is 0 Å². The van der Waals surface area contributed by atoms with E-state index in [9.17, 15) is 0 Å². The number of hydrogen-bond acceptors (Lipinski definition) is 2. The maximum atomic E-state index is 4.20. The summed E-state index contributed by atoms with van der Waals surface area (Å²) in [6.07, 6.45) is 5.32. The number of imidazole rings is 1. The average molecular weight is 149 g/mol. The van der Waals surface area contributed by atoms with Crippen molar-refractivity contribution >= 4 is 12.4 Å². The molecule has 0 saturated heterocycles. The zero-order chi connectivity index (χ0) is 8.27. The van der Waals surface area contributed by atoms with E-state index in [0.717, 1.165) is 11.5 Å². The van der Waals surface area contributed by atoms with Gasteiger partial charge in [0.25, 0.3) is 0 Å². The molecule has 0 aliphatic carbocycles. The summed E-state index contributed by atoms with van der Waals surface area (Å²) in [5.74, 6) is 0.827. The highest BCUT2D eigenvalue weighted by atomic mass is 15.1. The van der Waals surface area contributed by atoms with Gasteiger partial charge in [-0.15, -0.1) is 0 Å². The molecule has 3 nitrogen and oxygen atoms in total. The van der Waals surface area contributed by atoms with Gasteiger partial charge < -0.3 is 0 Å². The Kier molecular flexibility index (Phi) is 2.21. The predicted octanol–water partition coefficient (Wildman–Crippen LogP) is 1.34. The minimum Gasteiger partial charge on any atom is -0.291 e. The van der Waals surface area contributed by atoms with Crippen LogP contribution in [0.2, 0.25) is 0 Å². The molecule has 58 valence electrons. The predicted molar refractivity (Wildman–Crippen MR) is 46.9 cm³/mol. The fourth-order valence-corrected chi connectivity index (χ4v) is 0.903. The first kappa shape index (κ1) is 7.72. The van der Waals surface area contributed by atoms with Crippen LogP contribution in [0.25, 0.3) is 6.08 Å². The van der Waals surface area contributed by atoms with Crippen molar-refractivity contribution in [3.8, 4) is 0 Å². The highest BCUT2D eigenvalue weighted by molar-refractivity contribution is 5.62. The molecule has 1 heterocycles. The molecular formula is C8H11N3. The molecule has 0 aliphatic rings. The lowest BCUT2D eigenvalue weighted by Gasteiger charge is -1.91. The number of aromatic nitrogens is 2. The van der Waals surface area contributed by atoms with Crippen LogP contribution in [0.3, 0.4) is 0 Å². The molecule has 0 aliphatic heterocycles. The van der Waals surface area contributed by atoms with E-state index in [2.05, 4.69) is 16.6 Å². The highest BCUT2D eigenvalue weighted by Crippen LogP contribution is 2.00. The topological polar surface area (TPSA) is 30.2 Å². The molecule has 0 bridgehead atoms. The summed E-state index contributed by atoms with van der Waals surface area (Å²) in [5.41, 5.74) is 0.972. The van der Waals surface area contributed by atoms with Gasteiger partial charge in [-0.2, -0.15) is 0 Å². The van der Waals surface area contributed by atoms with Gasteiger partial charge in [-0.05, 0) is 13.0 Å². The molecule has 0 atom stereocenters. The second-order valence-corrected chi connectivity index (χ2v) is 2.23. The minimum atomic E-state index is 0.827. The quantitative estimate of drug-likeness (QED) is 0.461. The summed E-state index contributed by atoms with van der Waals surface area (Å²) >= 11 is 0. The van der Waals surface area contributed by atoms with Crippen molar-refractivity contribution in [3.63, 3.8) is 0 Å². The van der Waals surface area contributed by atoms with Gasteiger partial charge in [0.05, 0.1) is 12.0 Å². The van der Waals surface area contributed by atoms with Gasteiger partial charge in [0.2, 0.25) is 0 Å². The standard InChI is InChI=1S/C8H11N3/c1-4-8-10-7(2)5-11(8)6-9-3/h4-6H,1H2,2-3H3. The Balaban J connectivity index is 3.11. The van der Waals surface area contributed by atoms with Crippen molar-refractivity contribution in [2.75, 3.05) is 7.05 Å². The van der Waals surface area contributed by atoms with E-state index in [1.54, 1.807) is 19.5 Å². The first-order chi connectivity index (χ1) is 5.27. The maximum Gasteiger partial charge on any atom is 0.137 e. The summed E-state index contributed by atoms with van der Waals surface area (Å²) in [6.45, 7) is 5.58. The largest absolute Gasteiger partial charge is 0.291 e. The van der Waals surface area contributed by atoms with E-state index in [0.29, 0.717) is 0 Å². The van der Waals surface area contributed by atoms with Crippen LogP contribution in [0.4, 0.5) is 0 Å². The monoisotopic (exact) mass is 149 g/mol. The van der Waals surface area contributed by atoms with E-state index in [1.165, 1.54) is 0 Å². The van der Waals surface area contributed by atoms with Gasteiger partial charge in [-0.3, -0.25) is 9.56 Å². The fourth-order valence-electron chi connectivity index (χ4n) is 0.903. The summed E-state index contributed by atoms with van der Waals surface area (Å²) in [6, 6.07) is 0. The summed E-state index contributed by atoms with van der Waals surface area (Å²) < 4.78 is 1.84. The normalized spacial score (nSPS) is 10.7. The van der Waals surface area contributed by atoms with Gasteiger partial charge in [0.15, 0.2) is 0 Å². The molecule has 0 radical (unpaired) electrons. The minimum absolute atomic E-state index is 0.827. The van der Waals surface area contributed by atoms with Crippen LogP contribution in [0, 0.1) is 6.92 Å². The molecule has 11 heavy (non-hydrogen) atoms. The lowest BCUT2D eigenvalue weighted by Crippen LogP contribution is -1.95. The lowest BCUT2D eigenvalue weighted by molar-refractivity contribution is 1.12. The molecule has 0 aromatic carbocycles. The zero-order valence-electron chi connectivity index (χ0n) is 6.78. The Labute approximate surface area is 66.1 Å². The number of nitrogens with zero attached hydrogens (tertiary/aromatic N) is 3. The van der Waals surface area contributed by atoms with Crippen molar-refractivity contribution < 1.29 is 0 Å². The third kappa shape index (κ3) is 1.55. The zero-order valence-corrected chi connectivity index (χ0v) is 6.78. The Morgan fingerprint density at radius 2 is 2.45 bits per heavy atom. The van der Waals surface area contributed by atoms with Gasteiger partial charge in [-0.25, -0.2) is 4.98 Å². The van der Waals surface area contributed by atoms with E-state index < -0.39 is 0 Å². The van der Waals surface area contributed by atoms with Crippen molar-refractivity contribution in [3.05, 3.63) is 24.3 Å². The summed E-state index contributed by atoms with van der Waals surface area (Å²) in [7, 11) is 1.72. The summed E-state index contributed by atoms with van der Waals surface area (Å²) in [5, 5.41) is 0. The van der Waals surface area contributed by atoms with Crippen LogP contribution >= 0.6 is 0 Å². The van der Waals surface area contributed by atoms with E-state index in [4.69, 9.17) is 0 Å². The SMILES string of the molecule is C=Cc1nc(C)cn1C=NC. The molecule has 0 unspecified atom stereocenters. The molecule has 0 spiro atoms. The second-order valence-electron chi connectivity index (χ2n) is 2.23. The highest BCUT2D eigenvalue weighted by Gasteiger charge is 1.97. The third-order valence-electron chi connectivity index (χ3n) is 1.30. The molecular weight excluding hydrogens is 138 g/mol. The number of aryl methyl sites for hydroxylation is 1. The van der Waals surface area contributed by atoms with E-state index in [-0.39, 0.29) is 0 Å². The first-order valence-corrected chi connectivity index (χ1v) is 3.38. The Hall–Kier alpha value is -1.38.